The Balaban J connectivity index is 2.82. The first-order valence-corrected chi connectivity index (χ1v) is 4.67. The fourth-order valence-corrected chi connectivity index (χ4v) is 1.15. The predicted octanol–water partition coefficient (Wildman–Crippen LogP) is 1.17. The summed E-state index contributed by atoms with van der Waals surface area (Å²) in [5.74, 6) is -0.436. The van der Waals surface area contributed by atoms with Crippen LogP contribution >= 0.6 is 0 Å². The van der Waals surface area contributed by atoms with Gasteiger partial charge in [0.1, 0.15) is 6.04 Å². The minimum atomic E-state index is -0.452. The van der Waals surface area contributed by atoms with Crippen LogP contribution < -0.4 is 11.1 Å². The Bertz CT molecular complexity index is 388. The molecule has 1 rings (SSSR count). The summed E-state index contributed by atoms with van der Waals surface area (Å²) in [4.78, 5) is 21.9. The molecule has 4 heteroatoms. The van der Waals surface area contributed by atoms with E-state index in [1.54, 1.807) is 31.2 Å². The molecule has 0 aromatic heterocycles. The topological polar surface area (TPSA) is 72.2 Å². The zero-order valence-corrected chi connectivity index (χ0v) is 8.78. The van der Waals surface area contributed by atoms with Crippen molar-refractivity contribution in [3.05, 3.63) is 29.8 Å². The third-order valence-electron chi connectivity index (χ3n) is 2.08. The van der Waals surface area contributed by atoms with Gasteiger partial charge in [-0.25, -0.2) is 0 Å². The van der Waals surface area contributed by atoms with Crippen LogP contribution in [0, 0.1) is 0 Å². The van der Waals surface area contributed by atoms with Gasteiger partial charge in [0.2, 0.25) is 5.91 Å². The van der Waals surface area contributed by atoms with Crippen molar-refractivity contribution < 1.29 is 9.59 Å². The minimum absolute atomic E-state index is 0.00891. The van der Waals surface area contributed by atoms with Crippen molar-refractivity contribution >= 4 is 17.4 Å². The summed E-state index contributed by atoms with van der Waals surface area (Å²) in [7, 11) is 0. The summed E-state index contributed by atoms with van der Waals surface area (Å²) < 4.78 is 0. The molecule has 0 unspecified atom stereocenters. The van der Waals surface area contributed by atoms with E-state index in [0.717, 1.165) is 0 Å². The monoisotopic (exact) mass is 206 g/mol. The summed E-state index contributed by atoms with van der Waals surface area (Å²) in [5.41, 5.74) is 6.44. The molecule has 0 aliphatic heterocycles. The molecule has 0 saturated heterocycles. The Hall–Kier alpha value is -1.84. The van der Waals surface area contributed by atoms with Crippen LogP contribution in [0.5, 0.6) is 0 Å². The fourth-order valence-electron chi connectivity index (χ4n) is 1.15. The lowest BCUT2D eigenvalue weighted by Gasteiger charge is -2.11. The Labute approximate surface area is 88.5 Å². The average Bonchev–Trinajstić information content (AvgIpc) is 2.18. The van der Waals surface area contributed by atoms with Crippen LogP contribution in [0.3, 0.4) is 0 Å². The van der Waals surface area contributed by atoms with E-state index in [0.29, 0.717) is 11.3 Å². The van der Waals surface area contributed by atoms with Crippen molar-refractivity contribution in [2.75, 3.05) is 5.32 Å². The van der Waals surface area contributed by atoms with Crippen molar-refractivity contribution in [1.29, 1.82) is 0 Å². The van der Waals surface area contributed by atoms with E-state index in [4.69, 9.17) is 5.73 Å². The number of primary amides is 1. The molecule has 15 heavy (non-hydrogen) atoms. The number of rotatable bonds is 4. The SMILES string of the molecule is CC(=O)c1cccc(N[C@H](C)C(N)=O)c1. The average molecular weight is 206 g/mol. The number of carbonyl (C=O) groups is 2. The van der Waals surface area contributed by atoms with Crippen molar-refractivity contribution in [2.24, 2.45) is 5.73 Å². The molecule has 1 aromatic rings. The Morgan fingerprint density at radius 3 is 2.60 bits per heavy atom. The summed E-state index contributed by atoms with van der Waals surface area (Å²) in [5, 5.41) is 2.91. The third-order valence-corrected chi connectivity index (χ3v) is 2.08. The fraction of sp³-hybridized carbons (Fsp3) is 0.273. The molecular weight excluding hydrogens is 192 g/mol. The van der Waals surface area contributed by atoms with Gasteiger partial charge in [-0.05, 0) is 26.0 Å². The molecule has 0 spiro atoms. The third kappa shape index (κ3) is 3.09. The molecule has 0 radical (unpaired) electrons. The Morgan fingerprint density at radius 2 is 2.07 bits per heavy atom. The summed E-state index contributed by atoms with van der Waals surface area (Å²) in [6, 6.07) is 6.51. The van der Waals surface area contributed by atoms with Gasteiger partial charge < -0.3 is 11.1 Å². The van der Waals surface area contributed by atoms with Crippen LogP contribution in [0.4, 0.5) is 5.69 Å². The number of ketones is 1. The maximum absolute atomic E-state index is 11.1. The zero-order valence-electron chi connectivity index (χ0n) is 8.78. The quantitative estimate of drug-likeness (QED) is 0.726. The number of benzene rings is 1. The standard InChI is InChI=1S/C11H14N2O2/c1-7(11(12)15)13-10-5-3-4-9(6-10)8(2)14/h3-7,13H,1-2H3,(H2,12,15)/t7-/m1/s1. The molecule has 80 valence electrons. The van der Waals surface area contributed by atoms with Crippen LogP contribution in [-0.2, 0) is 4.79 Å². The highest BCUT2D eigenvalue weighted by Gasteiger charge is 2.08. The molecule has 0 aliphatic carbocycles. The lowest BCUT2D eigenvalue weighted by molar-refractivity contribution is -0.118. The van der Waals surface area contributed by atoms with Gasteiger partial charge in [-0.1, -0.05) is 12.1 Å². The molecule has 0 saturated carbocycles. The van der Waals surface area contributed by atoms with E-state index in [1.807, 2.05) is 0 Å². The second-order valence-corrected chi connectivity index (χ2v) is 3.41. The van der Waals surface area contributed by atoms with Crippen molar-refractivity contribution in [2.45, 2.75) is 19.9 Å². The first-order valence-electron chi connectivity index (χ1n) is 4.67. The van der Waals surface area contributed by atoms with Crippen LogP contribution in [0.1, 0.15) is 24.2 Å². The number of hydrogen-bond donors (Lipinski definition) is 2. The predicted molar refractivity (Wildman–Crippen MR) is 58.7 cm³/mol. The second kappa shape index (κ2) is 4.59. The highest BCUT2D eigenvalue weighted by Crippen LogP contribution is 2.12. The van der Waals surface area contributed by atoms with Gasteiger partial charge in [-0.15, -0.1) is 0 Å². The Morgan fingerprint density at radius 1 is 1.40 bits per heavy atom. The van der Waals surface area contributed by atoms with Gasteiger partial charge in [-0.2, -0.15) is 0 Å². The molecule has 1 aromatic carbocycles. The number of nitrogens with two attached hydrogens (primary N) is 1. The zero-order chi connectivity index (χ0) is 11.4. The summed E-state index contributed by atoms with van der Waals surface area (Å²) >= 11 is 0. The second-order valence-electron chi connectivity index (χ2n) is 3.41. The number of amides is 1. The van der Waals surface area contributed by atoms with Gasteiger partial charge >= 0.3 is 0 Å². The smallest absolute Gasteiger partial charge is 0.239 e. The van der Waals surface area contributed by atoms with Crippen LogP contribution in [0.25, 0.3) is 0 Å². The first kappa shape index (κ1) is 11.2. The van der Waals surface area contributed by atoms with E-state index in [9.17, 15) is 9.59 Å². The molecule has 3 N–H and O–H groups in total. The summed E-state index contributed by atoms with van der Waals surface area (Å²) in [6.45, 7) is 3.17. The van der Waals surface area contributed by atoms with E-state index in [-0.39, 0.29) is 5.78 Å². The molecule has 0 bridgehead atoms. The van der Waals surface area contributed by atoms with Gasteiger partial charge in [-0.3, -0.25) is 9.59 Å². The largest absolute Gasteiger partial charge is 0.374 e. The number of nitrogens with one attached hydrogen (secondary N) is 1. The number of anilines is 1. The lowest BCUT2D eigenvalue weighted by atomic mass is 10.1. The van der Waals surface area contributed by atoms with E-state index in [2.05, 4.69) is 5.32 Å². The van der Waals surface area contributed by atoms with Gasteiger partial charge in [0, 0.05) is 11.3 Å². The van der Waals surface area contributed by atoms with Gasteiger partial charge in [0.05, 0.1) is 0 Å². The van der Waals surface area contributed by atoms with Crippen molar-refractivity contribution in [3.63, 3.8) is 0 Å². The van der Waals surface area contributed by atoms with Crippen molar-refractivity contribution in [3.8, 4) is 0 Å². The van der Waals surface area contributed by atoms with E-state index in [1.165, 1.54) is 6.92 Å². The van der Waals surface area contributed by atoms with Crippen LogP contribution in [-0.4, -0.2) is 17.7 Å². The van der Waals surface area contributed by atoms with Crippen molar-refractivity contribution in [1.82, 2.24) is 0 Å². The molecule has 0 fully saturated rings. The normalized spacial score (nSPS) is 11.9. The Kier molecular flexibility index (Phi) is 3.44. The summed E-state index contributed by atoms with van der Waals surface area (Å²) in [6.07, 6.45) is 0. The number of carbonyl (C=O) groups excluding carboxylic acids is 2. The van der Waals surface area contributed by atoms with Crippen LogP contribution in [0.15, 0.2) is 24.3 Å². The molecule has 1 atom stereocenters. The highest BCUT2D eigenvalue weighted by atomic mass is 16.1. The van der Waals surface area contributed by atoms with Gasteiger partial charge in [0.25, 0.3) is 0 Å². The maximum Gasteiger partial charge on any atom is 0.239 e. The number of Topliss-reactive ketones (excluding diaryl/α,β-unsaturated/α-hetero) is 1. The first-order chi connectivity index (χ1) is 7.00. The highest BCUT2D eigenvalue weighted by molar-refractivity contribution is 5.95. The number of hydrogen-bond acceptors (Lipinski definition) is 3. The van der Waals surface area contributed by atoms with Gasteiger partial charge in [0.15, 0.2) is 5.78 Å². The maximum atomic E-state index is 11.1. The molecule has 4 nitrogen and oxygen atoms in total. The molecule has 1 amide bonds. The van der Waals surface area contributed by atoms with E-state index >= 15 is 0 Å². The van der Waals surface area contributed by atoms with Crippen LogP contribution in [0.2, 0.25) is 0 Å². The molecule has 0 aliphatic rings. The minimum Gasteiger partial charge on any atom is -0.374 e. The lowest BCUT2D eigenvalue weighted by Crippen LogP contribution is -2.32. The van der Waals surface area contributed by atoms with E-state index < -0.39 is 11.9 Å². The molecular formula is C11H14N2O2. The molecule has 0 heterocycles.